The van der Waals surface area contributed by atoms with Crippen LogP contribution in [0.25, 0.3) is 0 Å². The number of hydrogen-bond acceptors (Lipinski definition) is 3. The summed E-state index contributed by atoms with van der Waals surface area (Å²) in [5.74, 6) is 1.18. The molecule has 1 aromatic rings. The molecular weight excluding hydrogens is 214 g/mol. The predicted molar refractivity (Wildman–Crippen MR) is 68.4 cm³/mol. The molecule has 0 aliphatic carbocycles. The number of aromatic nitrogens is 1. The van der Waals surface area contributed by atoms with Crippen molar-refractivity contribution in [3.63, 3.8) is 0 Å². The van der Waals surface area contributed by atoms with Crippen molar-refractivity contribution in [1.82, 2.24) is 4.98 Å². The second kappa shape index (κ2) is 5.80. The van der Waals surface area contributed by atoms with Gasteiger partial charge in [0.2, 0.25) is 0 Å². The van der Waals surface area contributed by atoms with E-state index in [1.165, 1.54) is 0 Å². The molecule has 0 saturated heterocycles. The first-order chi connectivity index (χ1) is 8.01. The lowest BCUT2D eigenvalue weighted by atomic mass is 9.97. The van der Waals surface area contributed by atoms with E-state index in [0.717, 1.165) is 29.0 Å². The second-order valence-electron chi connectivity index (χ2n) is 4.50. The Balaban J connectivity index is 2.97. The predicted octanol–water partition coefficient (Wildman–Crippen LogP) is 2.86. The summed E-state index contributed by atoms with van der Waals surface area (Å²) in [6.45, 7) is 7.90. The van der Waals surface area contributed by atoms with Gasteiger partial charge in [-0.2, -0.15) is 0 Å². The van der Waals surface area contributed by atoms with Gasteiger partial charge in [0, 0.05) is 29.7 Å². The highest BCUT2D eigenvalue weighted by atomic mass is 16.5. The summed E-state index contributed by atoms with van der Waals surface area (Å²) in [5.41, 5.74) is 2.81. The molecule has 0 N–H and O–H groups in total. The van der Waals surface area contributed by atoms with Crippen LogP contribution < -0.4 is 4.74 Å². The van der Waals surface area contributed by atoms with Crippen molar-refractivity contribution in [2.24, 2.45) is 5.92 Å². The fourth-order valence-electron chi connectivity index (χ4n) is 1.82. The lowest BCUT2D eigenvalue weighted by Crippen LogP contribution is -2.14. The van der Waals surface area contributed by atoms with Crippen LogP contribution in [0, 0.1) is 19.8 Å². The molecule has 17 heavy (non-hydrogen) atoms. The molecule has 0 spiro atoms. The number of nitrogens with zero attached hydrogens (tertiary/aromatic N) is 1. The van der Waals surface area contributed by atoms with E-state index in [0.29, 0.717) is 6.42 Å². The number of methoxy groups -OCH3 is 1. The van der Waals surface area contributed by atoms with Crippen molar-refractivity contribution >= 4 is 5.78 Å². The minimum absolute atomic E-state index is 0.100. The molecule has 1 unspecified atom stereocenters. The summed E-state index contributed by atoms with van der Waals surface area (Å²) in [4.78, 5) is 16.2. The Bertz CT molecular complexity index is 413. The van der Waals surface area contributed by atoms with Crippen LogP contribution in [0.1, 0.15) is 37.1 Å². The van der Waals surface area contributed by atoms with Crippen LogP contribution in [-0.4, -0.2) is 17.9 Å². The zero-order valence-corrected chi connectivity index (χ0v) is 11.3. The number of Topliss-reactive ketones (excluding diaryl/α,β-unsaturated/α-hetero) is 1. The van der Waals surface area contributed by atoms with Gasteiger partial charge in [0.15, 0.2) is 0 Å². The summed E-state index contributed by atoms with van der Waals surface area (Å²) in [6.07, 6.45) is 3.05. The number of rotatable bonds is 5. The zero-order valence-electron chi connectivity index (χ0n) is 11.3. The lowest BCUT2D eigenvalue weighted by molar-refractivity contribution is -0.121. The number of carbonyl (C=O) groups excluding carboxylic acids is 1. The first-order valence-corrected chi connectivity index (χ1v) is 6.03. The number of ketones is 1. The van der Waals surface area contributed by atoms with Crippen LogP contribution in [0.2, 0.25) is 0 Å². The Morgan fingerprint density at radius 3 is 2.65 bits per heavy atom. The normalized spacial score (nSPS) is 12.3. The quantitative estimate of drug-likeness (QED) is 0.787. The fraction of sp³-hybridized carbons (Fsp3) is 0.571. The van der Waals surface area contributed by atoms with E-state index in [-0.39, 0.29) is 11.7 Å². The Kier molecular flexibility index (Phi) is 4.67. The molecule has 0 bridgehead atoms. The average Bonchev–Trinajstić information content (AvgIpc) is 2.32. The molecule has 3 heteroatoms. The molecular formula is C14H21NO2. The summed E-state index contributed by atoms with van der Waals surface area (Å²) in [7, 11) is 1.65. The molecule has 0 aromatic carbocycles. The van der Waals surface area contributed by atoms with Crippen molar-refractivity contribution < 1.29 is 9.53 Å². The van der Waals surface area contributed by atoms with Crippen LogP contribution in [0.3, 0.4) is 0 Å². The van der Waals surface area contributed by atoms with Gasteiger partial charge in [-0.1, -0.05) is 13.8 Å². The van der Waals surface area contributed by atoms with Crippen LogP contribution >= 0.6 is 0 Å². The van der Waals surface area contributed by atoms with Gasteiger partial charge in [-0.3, -0.25) is 9.78 Å². The number of aryl methyl sites for hydroxylation is 1. The minimum atomic E-state index is 0.100. The Labute approximate surface area is 103 Å². The number of pyridine rings is 1. The van der Waals surface area contributed by atoms with Crippen molar-refractivity contribution in [2.45, 2.75) is 40.5 Å². The van der Waals surface area contributed by atoms with Crippen molar-refractivity contribution in [1.29, 1.82) is 0 Å². The maximum atomic E-state index is 11.9. The lowest BCUT2D eigenvalue weighted by Gasteiger charge is -2.13. The smallest absolute Gasteiger partial charge is 0.141 e. The van der Waals surface area contributed by atoms with E-state index < -0.39 is 0 Å². The van der Waals surface area contributed by atoms with Gasteiger partial charge >= 0.3 is 0 Å². The third-order valence-corrected chi connectivity index (χ3v) is 3.25. The minimum Gasteiger partial charge on any atom is -0.496 e. The van der Waals surface area contributed by atoms with E-state index in [9.17, 15) is 4.79 Å². The first-order valence-electron chi connectivity index (χ1n) is 6.03. The van der Waals surface area contributed by atoms with Crippen LogP contribution in [0.15, 0.2) is 6.20 Å². The molecule has 94 valence electrons. The summed E-state index contributed by atoms with van der Waals surface area (Å²) < 4.78 is 5.33. The van der Waals surface area contributed by atoms with E-state index in [1.807, 2.05) is 27.7 Å². The molecule has 1 rings (SSSR count). The SMILES string of the molecule is CCC(C)C(=O)Cc1ncc(C)c(OC)c1C. The highest BCUT2D eigenvalue weighted by molar-refractivity contribution is 5.83. The molecule has 0 saturated carbocycles. The molecule has 0 aliphatic rings. The summed E-state index contributed by atoms with van der Waals surface area (Å²) in [5, 5.41) is 0. The Morgan fingerprint density at radius 2 is 2.12 bits per heavy atom. The molecule has 1 aromatic heterocycles. The first kappa shape index (κ1) is 13.7. The van der Waals surface area contributed by atoms with E-state index in [2.05, 4.69) is 4.98 Å². The Morgan fingerprint density at radius 1 is 1.47 bits per heavy atom. The van der Waals surface area contributed by atoms with Gasteiger partial charge in [-0.05, 0) is 20.3 Å². The second-order valence-corrected chi connectivity index (χ2v) is 4.50. The monoisotopic (exact) mass is 235 g/mol. The van der Waals surface area contributed by atoms with Crippen molar-refractivity contribution in [2.75, 3.05) is 7.11 Å². The topological polar surface area (TPSA) is 39.2 Å². The fourth-order valence-corrected chi connectivity index (χ4v) is 1.82. The summed E-state index contributed by atoms with van der Waals surface area (Å²) in [6, 6.07) is 0. The molecule has 0 radical (unpaired) electrons. The van der Waals surface area contributed by atoms with Crippen LogP contribution in [0.4, 0.5) is 0 Å². The van der Waals surface area contributed by atoms with Gasteiger partial charge in [-0.15, -0.1) is 0 Å². The van der Waals surface area contributed by atoms with Crippen LogP contribution in [0.5, 0.6) is 5.75 Å². The molecule has 1 heterocycles. The molecule has 0 fully saturated rings. The summed E-state index contributed by atoms with van der Waals surface area (Å²) >= 11 is 0. The molecule has 3 nitrogen and oxygen atoms in total. The highest BCUT2D eigenvalue weighted by Gasteiger charge is 2.16. The molecule has 1 atom stereocenters. The van der Waals surface area contributed by atoms with Gasteiger partial charge in [0.25, 0.3) is 0 Å². The maximum absolute atomic E-state index is 11.9. The van der Waals surface area contributed by atoms with E-state index in [1.54, 1.807) is 13.3 Å². The average molecular weight is 235 g/mol. The third-order valence-electron chi connectivity index (χ3n) is 3.25. The number of hydrogen-bond donors (Lipinski definition) is 0. The van der Waals surface area contributed by atoms with Gasteiger partial charge in [0.1, 0.15) is 11.5 Å². The van der Waals surface area contributed by atoms with Gasteiger partial charge in [-0.25, -0.2) is 0 Å². The zero-order chi connectivity index (χ0) is 13.0. The van der Waals surface area contributed by atoms with Crippen LogP contribution in [-0.2, 0) is 11.2 Å². The van der Waals surface area contributed by atoms with E-state index >= 15 is 0 Å². The maximum Gasteiger partial charge on any atom is 0.141 e. The van der Waals surface area contributed by atoms with E-state index in [4.69, 9.17) is 4.74 Å². The third kappa shape index (κ3) is 3.05. The highest BCUT2D eigenvalue weighted by Crippen LogP contribution is 2.24. The molecule has 0 aliphatic heterocycles. The van der Waals surface area contributed by atoms with Gasteiger partial charge in [0.05, 0.1) is 12.8 Å². The van der Waals surface area contributed by atoms with Crippen molar-refractivity contribution in [3.8, 4) is 5.75 Å². The largest absolute Gasteiger partial charge is 0.496 e. The Hall–Kier alpha value is -1.38. The van der Waals surface area contributed by atoms with Crippen molar-refractivity contribution in [3.05, 3.63) is 23.0 Å². The standard InChI is InChI=1S/C14H21NO2/c1-6-9(2)13(16)7-12-11(4)14(17-5)10(3)8-15-12/h8-9H,6-7H2,1-5H3. The van der Waals surface area contributed by atoms with Gasteiger partial charge < -0.3 is 4.74 Å². The number of ether oxygens (including phenoxy) is 1. The molecule has 0 amide bonds. The number of carbonyl (C=O) groups is 1.